The predicted octanol–water partition coefficient (Wildman–Crippen LogP) is 3.07. The molecule has 0 fully saturated rings. The topological polar surface area (TPSA) is 48.1 Å². The summed E-state index contributed by atoms with van der Waals surface area (Å²) in [4.78, 5) is 4.23. The van der Waals surface area contributed by atoms with Crippen LogP contribution in [0, 0.1) is 0 Å². The van der Waals surface area contributed by atoms with Crippen molar-refractivity contribution >= 4 is 0 Å². The maximum atomic E-state index is 6.07. The molecule has 1 atom stereocenters. The molecule has 0 saturated heterocycles. The van der Waals surface area contributed by atoms with Crippen LogP contribution >= 0.6 is 0 Å². The second kappa shape index (κ2) is 6.17. The van der Waals surface area contributed by atoms with Gasteiger partial charge in [-0.05, 0) is 24.6 Å². The molecule has 3 nitrogen and oxygen atoms in total. The van der Waals surface area contributed by atoms with Crippen molar-refractivity contribution in [3.8, 4) is 5.75 Å². The van der Waals surface area contributed by atoms with E-state index >= 15 is 0 Å². The van der Waals surface area contributed by atoms with Crippen LogP contribution in [0.3, 0.4) is 0 Å². The van der Waals surface area contributed by atoms with E-state index in [9.17, 15) is 0 Å². The summed E-state index contributed by atoms with van der Waals surface area (Å²) in [5, 5.41) is 0. The second-order valence-electron chi connectivity index (χ2n) is 4.16. The van der Waals surface area contributed by atoms with Crippen LogP contribution in [0.25, 0.3) is 0 Å². The van der Waals surface area contributed by atoms with Crippen molar-refractivity contribution in [3.05, 3.63) is 59.9 Å². The number of aromatic nitrogens is 1. The number of pyridine rings is 1. The fourth-order valence-corrected chi connectivity index (χ4v) is 1.77. The maximum absolute atomic E-state index is 6.07. The molecule has 0 amide bonds. The van der Waals surface area contributed by atoms with E-state index in [1.54, 1.807) is 6.20 Å². The molecule has 2 rings (SSSR count). The Morgan fingerprint density at radius 3 is 2.67 bits per heavy atom. The molecule has 3 heteroatoms. The zero-order chi connectivity index (χ0) is 12.8. The van der Waals surface area contributed by atoms with Gasteiger partial charge in [0.1, 0.15) is 12.4 Å². The van der Waals surface area contributed by atoms with Crippen molar-refractivity contribution in [1.82, 2.24) is 4.98 Å². The zero-order valence-electron chi connectivity index (χ0n) is 10.5. The van der Waals surface area contributed by atoms with Crippen LogP contribution in [0.2, 0.25) is 0 Å². The predicted molar refractivity (Wildman–Crippen MR) is 72.2 cm³/mol. The van der Waals surface area contributed by atoms with Crippen LogP contribution in [0.5, 0.6) is 5.75 Å². The standard InChI is InChI=1S/C15H18N2O/c1-2-14(16)13-8-3-4-9-15(13)18-11-12-7-5-6-10-17-12/h3-10,14H,2,11,16H2,1H3/t14-/m0/s1. The summed E-state index contributed by atoms with van der Waals surface area (Å²) in [7, 11) is 0. The minimum absolute atomic E-state index is 0.0185. The summed E-state index contributed by atoms with van der Waals surface area (Å²) < 4.78 is 5.80. The molecule has 0 spiro atoms. The van der Waals surface area contributed by atoms with E-state index in [-0.39, 0.29) is 6.04 Å². The second-order valence-corrected chi connectivity index (χ2v) is 4.16. The van der Waals surface area contributed by atoms with Gasteiger partial charge in [-0.15, -0.1) is 0 Å². The Morgan fingerprint density at radius 1 is 1.17 bits per heavy atom. The lowest BCUT2D eigenvalue weighted by atomic mass is 10.0. The molecular weight excluding hydrogens is 224 g/mol. The average Bonchev–Trinajstić information content (AvgIpc) is 2.45. The minimum atomic E-state index is 0.0185. The van der Waals surface area contributed by atoms with Crippen molar-refractivity contribution in [2.75, 3.05) is 0 Å². The lowest BCUT2D eigenvalue weighted by Crippen LogP contribution is -2.11. The summed E-state index contributed by atoms with van der Waals surface area (Å²) in [5.74, 6) is 0.845. The number of hydrogen-bond donors (Lipinski definition) is 1. The lowest BCUT2D eigenvalue weighted by Gasteiger charge is -2.15. The smallest absolute Gasteiger partial charge is 0.130 e. The molecule has 0 aliphatic rings. The fraction of sp³-hybridized carbons (Fsp3) is 0.267. The third kappa shape index (κ3) is 3.08. The van der Waals surface area contributed by atoms with Crippen LogP contribution in [0.1, 0.15) is 30.6 Å². The Morgan fingerprint density at radius 2 is 1.94 bits per heavy atom. The van der Waals surface area contributed by atoms with Crippen molar-refractivity contribution in [2.24, 2.45) is 5.73 Å². The molecule has 2 aromatic rings. The highest BCUT2D eigenvalue weighted by molar-refractivity contribution is 5.35. The van der Waals surface area contributed by atoms with Crippen molar-refractivity contribution in [1.29, 1.82) is 0 Å². The van der Waals surface area contributed by atoms with Gasteiger partial charge in [0.05, 0.1) is 5.69 Å². The first-order valence-corrected chi connectivity index (χ1v) is 6.18. The Bertz CT molecular complexity index is 485. The van der Waals surface area contributed by atoms with Crippen LogP contribution in [-0.2, 0) is 6.61 Å². The van der Waals surface area contributed by atoms with Crippen molar-refractivity contribution in [2.45, 2.75) is 26.0 Å². The summed E-state index contributed by atoms with van der Waals surface area (Å²) in [6.45, 7) is 2.54. The van der Waals surface area contributed by atoms with Gasteiger partial charge in [0.2, 0.25) is 0 Å². The van der Waals surface area contributed by atoms with Gasteiger partial charge in [0, 0.05) is 17.8 Å². The van der Waals surface area contributed by atoms with Crippen molar-refractivity contribution < 1.29 is 4.74 Å². The Hall–Kier alpha value is -1.87. The molecule has 94 valence electrons. The number of rotatable bonds is 5. The molecule has 0 unspecified atom stereocenters. The third-order valence-electron chi connectivity index (χ3n) is 2.86. The molecule has 0 aliphatic heterocycles. The molecule has 0 radical (unpaired) electrons. The van der Waals surface area contributed by atoms with Gasteiger partial charge < -0.3 is 10.5 Å². The normalized spacial score (nSPS) is 12.1. The monoisotopic (exact) mass is 242 g/mol. The number of nitrogens with zero attached hydrogens (tertiary/aromatic N) is 1. The highest BCUT2D eigenvalue weighted by Crippen LogP contribution is 2.25. The highest BCUT2D eigenvalue weighted by atomic mass is 16.5. The molecule has 0 bridgehead atoms. The molecule has 1 heterocycles. The fourth-order valence-electron chi connectivity index (χ4n) is 1.77. The van der Waals surface area contributed by atoms with Gasteiger partial charge >= 0.3 is 0 Å². The number of benzene rings is 1. The Kier molecular flexibility index (Phi) is 4.31. The molecule has 2 N–H and O–H groups in total. The summed E-state index contributed by atoms with van der Waals surface area (Å²) in [5.41, 5.74) is 8.03. The van der Waals surface area contributed by atoms with E-state index < -0.39 is 0 Å². The van der Waals surface area contributed by atoms with Crippen LogP contribution in [0.15, 0.2) is 48.7 Å². The van der Waals surface area contributed by atoms with E-state index in [0.29, 0.717) is 6.61 Å². The van der Waals surface area contributed by atoms with Crippen LogP contribution < -0.4 is 10.5 Å². The van der Waals surface area contributed by atoms with Gasteiger partial charge in [-0.1, -0.05) is 31.2 Å². The largest absolute Gasteiger partial charge is 0.487 e. The first-order chi connectivity index (χ1) is 8.81. The van der Waals surface area contributed by atoms with Gasteiger partial charge in [0.25, 0.3) is 0 Å². The van der Waals surface area contributed by atoms with E-state index in [1.807, 2.05) is 42.5 Å². The number of nitrogens with two attached hydrogens (primary N) is 1. The van der Waals surface area contributed by atoms with Gasteiger partial charge in [-0.2, -0.15) is 0 Å². The lowest BCUT2D eigenvalue weighted by molar-refractivity contribution is 0.296. The minimum Gasteiger partial charge on any atom is -0.487 e. The first kappa shape index (κ1) is 12.6. The molecule has 1 aromatic heterocycles. The maximum Gasteiger partial charge on any atom is 0.130 e. The molecule has 1 aromatic carbocycles. The Balaban J connectivity index is 2.10. The molecular formula is C15H18N2O. The van der Waals surface area contributed by atoms with E-state index in [4.69, 9.17) is 10.5 Å². The SMILES string of the molecule is CC[C@H](N)c1ccccc1OCc1ccccn1. The summed E-state index contributed by atoms with van der Waals surface area (Å²) in [6.07, 6.45) is 2.66. The van der Waals surface area contributed by atoms with Gasteiger partial charge in [-0.25, -0.2) is 0 Å². The molecule has 0 aliphatic carbocycles. The van der Waals surface area contributed by atoms with E-state index in [0.717, 1.165) is 23.4 Å². The summed E-state index contributed by atoms with van der Waals surface area (Å²) >= 11 is 0. The van der Waals surface area contributed by atoms with E-state index in [2.05, 4.69) is 11.9 Å². The quantitative estimate of drug-likeness (QED) is 0.876. The van der Waals surface area contributed by atoms with Gasteiger partial charge in [-0.3, -0.25) is 4.98 Å². The third-order valence-corrected chi connectivity index (χ3v) is 2.86. The number of ether oxygens (including phenoxy) is 1. The number of hydrogen-bond acceptors (Lipinski definition) is 3. The average molecular weight is 242 g/mol. The molecule has 0 saturated carbocycles. The van der Waals surface area contributed by atoms with Crippen LogP contribution in [0.4, 0.5) is 0 Å². The van der Waals surface area contributed by atoms with Crippen molar-refractivity contribution in [3.63, 3.8) is 0 Å². The molecule has 18 heavy (non-hydrogen) atoms. The summed E-state index contributed by atoms with van der Waals surface area (Å²) in [6, 6.07) is 13.7. The highest BCUT2D eigenvalue weighted by Gasteiger charge is 2.09. The number of para-hydroxylation sites is 1. The van der Waals surface area contributed by atoms with E-state index in [1.165, 1.54) is 0 Å². The zero-order valence-corrected chi connectivity index (χ0v) is 10.5. The Labute approximate surface area is 108 Å². The van der Waals surface area contributed by atoms with Gasteiger partial charge in [0.15, 0.2) is 0 Å². The van der Waals surface area contributed by atoms with Crippen LogP contribution in [-0.4, -0.2) is 4.98 Å². The first-order valence-electron chi connectivity index (χ1n) is 6.18.